The number of carboxylic acids is 1. The molecule has 0 aliphatic rings. The second-order valence-corrected chi connectivity index (χ2v) is 4.61. The number of benzene rings is 1. The molecule has 94 valence electrons. The molecule has 0 radical (unpaired) electrons. The lowest BCUT2D eigenvalue weighted by molar-refractivity contribution is 0.0695. The first-order valence-corrected chi connectivity index (χ1v) is 5.99. The van der Waals surface area contributed by atoms with E-state index in [0.29, 0.717) is 16.8 Å². The zero-order valence-corrected chi connectivity index (χ0v) is 11.2. The summed E-state index contributed by atoms with van der Waals surface area (Å²) in [4.78, 5) is 11.0. The third-order valence-electron chi connectivity index (χ3n) is 2.33. The summed E-state index contributed by atoms with van der Waals surface area (Å²) in [6, 6.07) is 4.86. The number of nitrogens with zero attached hydrogens (tertiary/aromatic N) is 2. The lowest BCUT2D eigenvalue weighted by Crippen LogP contribution is -2.00. The Balaban J connectivity index is 2.10. The van der Waals surface area contributed by atoms with Crippen LogP contribution in [-0.4, -0.2) is 20.9 Å². The molecule has 18 heavy (non-hydrogen) atoms. The van der Waals surface area contributed by atoms with Crippen molar-refractivity contribution in [3.8, 4) is 5.75 Å². The lowest BCUT2D eigenvalue weighted by Gasteiger charge is -2.06. The number of aryl methyl sites for hydroxylation is 1. The smallest absolute Gasteiger partial charge is 0.336 e. The third-order valence-corrected chi connectivity index (χ3v) is 3.02. The van der Waals surface area contributed by atoms with Gasteiger partial charge in [0.05, 0.1) is 11.8 Å². The molecule has 0 saturated carbocycles. The van der Waals surface area contributed by atoms with Gasteiger partial charge in [-0.2, -0.15) is 5.10 Å². The summed E-state index contributed by atoms with van der Waals surface area (Å²) in [5, 5.41) is 13.0. The van der Waals surface area contributed by atoms with Crippen LogP contribution in [0.4, 0.5) is 0 Å². The fraction of sp³-hybridized carbons (Fsp3) is 0.167. The molecule has 6 heteroatoms. The highest BCUT2D eigenvalue weighted by Crippen LogP contribution is 2.23. The summed E-state index contributed by atoms with van der Waals surface area (Å²) in [6.07, 6.45) is 3.55. The summed E-state index contributed by atoms with van der Waals surface area (Å²) >= 11 is 3.18. The first-order valence-electron chi connectivity index (χ1n) is 5.19. The van der Waals surface area contributed by atoms with Gasteiger partial charge in [0, 0.05) is 23.3 Å². The van der Waals surface area contributed by atoms with Crippen LogP contribution in [0.15, 0.2) is 35.1 Å². The van der Waals surface area contributed by atoms with Crippen LogP contribution < -0.4 is 4.74 Å². The molecule has 0 fully saturated rings. The SMILES string of the molecule is Cn1cc(COc2ccc(Br)c(C(=O)O)c2)cn1. The van der Waals surface area contributed by atoms with Gasteiger partial charge in [-0.05, 0) is 34.1 Å². The fourth-order valence-corrected chi connectivity index (χ4v) is 1.89. The average Bonchev–Trinajstić information content (AvgIpc) is 2.74. The molecular weight excluding hydrogens is 300 g/mol. The van der Waals surface area contributed by atoms with E-state index < -0.39 is 5.97 Å². The molecule has 0 saturated heterocycles. The van der Waals surface area contributed by atoms with Gasteiger partial charge in [0.1, 0.15) is 12.4 Å². The number of carboxylic acid groups (broad SMARTS) is 1. The van der Waals surface area contributed by atoms with Gasteiger partial charge in [-0.25, -0.2) is 4.79 Å². The number of halogens is 1. The maximum absolute atomic E-state index is 11.0. The Morgan fingerprint density at radius 1 is 1.56 bits per heavy atom. The number of ether oxygens (including phenoxy) is 1. The van der Waals surface area contributed by atoms with Crippen molar-refractivity contribution in [1.82, 2.24) is 9.78 Å². The maximum Gasteiger partial charge on any atom is 0.336 e. The van der Waals surface area contributed by atoms with Crippen molar-refractivity contribution < 1.29 is 14.6 Å². The molecule has 1 aromatic carbocycles. The summed E-state index contributed by atoms with van der Waals surface area (Å²) < 4.78 is 7.73. The molecule has 1 N–H and O–H groups in total. The minimum Gasteiger partial charge on any atom is -0.489 e. The fourth-order valence-electron chi connectivity index (χ4n) is 1.47. The number of aromatic nitrogens is 2. The van der Waals surface area contributed by atoms with Crippen molar-refractivity contribution in [2.45, 2.75) is 6.61 Å². The first-order chi connectivity index (χ1) is 8.56. The van der Waals surface area contributed by atoms with Crippen molar-refractivity contribution in [2.75, 3.05) is 0 Å². The summed E-state index contributed by atoms with van der Waals surface area (Å²) in [6.45, 7) is 0.356. The summed E-state index contributed by atoms with van der Waals surface area (Å²) in [5.74, 6) is -0.479. The number of hydrogen-bond acceptors (Lipinski definition) is 3. The normalized spacial score (nSPS) is 10.3. The number of hydrogen-bond donors (Lipinski definition) is 1. The van der Waals surface area contributed by atoms with Crippen molar-refractivity contribution in [3.05, 3.63) is 46.2 Å². The van der Waals surface area contributed by atoms with Gasteiger partial charge >= 0.3 is 5.97 Å². The summed E-state index contributed by atoms with van der Waals surface area (Å²) in [5.41, 5.74) is 1.11. The van der Waals surface area contributed by atoms with E-state index >= 15 is 0 Å². The van der Waals surface area contributed by atoms with E-state index in [1.165, 1.54) is 6.07 Å². The molecule has 0 spiro atoms. The van der Waals surface area contributed by atoms with E-state index in [9.17, 15) is 4.79 Å². The highest BCUT2D eigenvalue weighted by atomic mass is 79.9. The molecule has 0 unspecified atom stereocenters. The molecular formula is C12H11BrN2O3. The Morgan fingerprint density at radius 3 is 2.94 bits per heavy atom. The largest absolute Gasteiger partial charge is 0.489 e. The van der Waals surface area contributed by atoms with Crippen LogP contribution in [0.5, 0.6) is 5.75 Å². The van der Waals surface area contributed by atoms with E-state index in [-0.39, 0.29) is 5.56 Å². The van der Waals surface area contributed by atoms with Gasteiger partial charge in [0.15, 0.2) is 0 Å². The Bertz CT molecular complexity index is 580. The second-order valence-electron chi connectivity index (χ2n) is 3.76. The minimum absolute atomic E-state index is 0.179. The number of carbonyl (C=O) groups is 1. The Kier molecular flexibility index (Phi) is 3.66. The van der Waals surface area contributed by atoms with Crippen molar-refractivity contribution in [2.24, 2.45) is 7.05 Å². The monoisotopic (exact) mass is 310 g/mol. The topological polar surface area (TPSA) is 64.3 Å². The van der Waals surface area contributed by atoms with E-state index in [1.807, 2.05) is 13.2 Å². The van der Waals surface area contributed by atoms with Crippen LogP contribution in [-0.2, 0) is 13.7 Å². The van der Waals surface area contributed by atoms with Crippen molar-refractivity contribution in [1.29, 1.82) is 0 Å². The van der Waals surface area contributed by atoms with Crippen LogP contribution in [0.2, 0.25) is 0 Å². The molecule has 2 rings (SSSR count). The molecule has 2 aromatic rings. The molecule has 0 bridgehead atoms. The van der Waals surface area contributed by atoms with E-state index in [0.717, 1.165) is 5.56 Å². The molecule has 1 heterocycles. The van der Waals surface area contributed by atoms with Gasteiger partial charge in [-0.1, -0.05) is 0 Å². The van der Waals surface area contributed by atoms with Gasteiger partial charge in [-0.3, -0.25) is 4.68 Å². The van der Waals surface area contributed by atoms with Gasteiger partial charge in [0.2, 0.25) is 0 Å². The molecule has 0 aliphatic heterocycles. The van der Waals surface area contributed by atoms with Crippen molar-refractivity contribution >= 4 is 21.9 Å². The summed E-state index contributed by atoms with van der Waals surface area (Å²) in [7, 11) is 1.83. The Hall–Kier alpha value is -1.82. The first kappa shape index (κ1) is 12.6. The third kappa shape index (κ3) is 2.89. The molecule has 0 aliphatic carbocycles. The average molecular weight is 311 g/mol. The minimum atomic E-state index is -0.992. The lowest BCUT2D eigenvalue weighted by atomic mass is 10.2. The van der Waals surface area contributed by atoms with Crippen LogP contribution in [0.3, 0.4) is 0 Å². The van der Waals surface area contributed by atoms with E-state index in [2.05, 4.69) is 21.0 Å². The quantitative estimate of drug-likeness (QED) is 0.942. The Morgan fingerprint density at radius 2 is 2.33 bits per heavy atom. The zero-order valence-electron chi connectivity index (χ0n) is 9.63. The number of aromatic carboxylic acids is 1. The van der Waals surface area contributed by atoms with Crippen LogP contribution in [0, 0.1) is 0 Å². The molecule has 0 amide bonds. The second kappa shape index (κ2) is 5.22. The number of rotatable bonds is 4. The standard InChI is InChI=1S/C12H11BrN2O3/c1-15-6-8(5-14-15)7-18-9-2-3-11(13)10(4-9)12(16)17/h2-6H,7H2,1H3,(H,16,17). The molecule has 1 aromatic heterocycles. The van der Waals surface area contributed by atoms with Crippen molar-refractivity contribution in [3.63, 3.8) is 0 Å². The Labute approximate surface area is 112 Å². The van der Waals surface area contributed by atoms with E-state index in [4.69, 9.17) is 9.84 Å². The predicted molar refractivity (Wildman–Crippen MR) is 68.6 cm³/mol. The van der Waals surface area contributed by atoms with Gasteiger partial charge in [-0.15, -0.1) is 0 Å². The predicted octanol–water partition coefficient (Wildman–Crippen LogP) is 2.46. The van der Waals surface area contributed by atoms with Crippen LogP contribution in [0.1, 0.15) is 15.9 Å². The molecule has 5 nitrogen and oxygen atoms in total. The van der Waals surface area contributed by atoms with Gasteiger partial charge in [0.25, 0.3) is 0 Å². The van der Waals surface area contributed by atoms with E-state index in [1.54, 1.807) is 23.0 Å². The van der Waals surface area contributed by atoms with Crippen LogP contribution in [0.25, 0.3) is 0 Å². The van der Waals surface area contributed by atoms with Gasteiger partial charge < -0.3 is 9.84 Å². The zero-order chi connectivity index (χ0) is 13.1. The van der Waals surface area contributed by atoms with Crippen LogP contribution >= 0.6 is 15.9 Å². The highest BCUT2D eigenvalue weighted by molar-refractivity contribution is 9.10. The highest BCUT2D eigenvalue weighted by Gasteiger charge is 2.09. The maximum atomic E-state index is 11.0. The molecule has 0 atom stereocenters.